The molecule has 0 heterocycles. The molecule has 0 spiro atoms. The number of carbonyl (C=O) groups excluding carboxylic acids is 1. The number of nitrogens with zero attached hydrogens (tertiary/aromatic N) is 1. The molecule has 86 valence electrons. The summed E-state index contributed by atoms with van der Waals surface area (Å²) in [5, 5.41) is 0. The van der Waals surface area contributed by atoms with Crippen LogP contribution in [0.15, 0.2) is 0 Å². The Bertz CT molecular complexity index is 184. The highest BCUT2D eigenvalue weighted by Gasteiger charge is 2.32. The first-order valence-corrected chi connectivity index (χ1v) is 3.89. The third-order valence-electron chi connectivity index (χ3n) is 1.45. The smallest absolute Gasteiger partial charge is 0.333 e. The molecular formula is C7H14ClF3N2O. The number of amides is 1. The summed E-state index contributed by atoms with van der Waals surface area (Å²) in [7, 11) is 0. The minimum atomic E-state index is -4.36. The van der Waals surface area contributed by atoms with E-state index < -0.39 is 24.7 Å². The summed E-state index contributed by atoms with van der Waals surface area (Å²) < 4.78 is 35.6. The van der Waals surface area contributed by atoms with Crippen molar-refractivity contribution in [2.45, 2.75) is 26.1 Å². The number of nitrogens with two attached hydrogens (primary N) is 1. The van der Waals surface area contributed by atoms with Crippen LogP contribution in [0.1, 0.15) is 13.8 Å². The molecule has 0 aliphatic rings. The van der Waals surface area contributed by atoms with Crippen molar-refractivity contribution in [3.05, 3.63) is 0 Å². The van der Waals surface area contributed by atoms with Crippen LogP contribution in [0.2, 0.25) is 0 Å². The van der Waals surface area contributed by atoms with E-state index in [0.29, 0.717) is 4.90 Å². The van der Waals surface area contributed by atoms with E-state index in [4.69, 9.17) is 5.73 Å². The molecule has 0 aliphatic heterocycles. The molecule has 0 radical (unpaired) electrons. The summed E-state index contributed by atoms with van der Waals surface area (Å²) in [4.78, 5) is 11.7. The summed E-state index contributed by atoms with van der Waals surface area (Å²) in [6, 6.07) is -0.887. The average molecular weight is 235 g/mol. The number of carbonyl (C=O) groups is 1. The lowest BCUT2D eigenvalue weighted by Gasteiger charge is -2.23. The average Bonchev–Trinajstić information content (AvgIpc) is 1.97. The second-order valence-corrected chi connectivity index (χ2v) is 2.76. The quantitative estimate of drug-likeness (QED) is 0.797. The van der Waals surface area contributed by atoms with Gasteiger partial charge >= 0.3 is 6.18 Å². The summed E-state index contributed by atoms with van der Waals surface area (Å²) in [5.74, 6) is -0.681. The second kappa shape index (κ2) is 6.08. The van der Waals surface area contributed by atoms with Gasteiger partial charge in [-0.25, -0.2) is 0 Å². The number of rotatable bonds is 3. The first-order valence-electron chi connectivity index (χ1n) is 3.89. The van der Waals surface area contributed by atoms with E-state index in [0.717, 1.165) is 0 Å². The summed E-state index contributed by atoms with van der Waals surface area (Å²) in [6.07, 6.45) is -4.36. The molecule has 2 N–H and O–H groups in total. The fourth-order valence-electron chi connectivity index (χ4n) is 0.850. The van der Waals surface area contributed by atoms with Crippen molar-refractivity contribution in [3.63, 3.8) is 0 Å². The molecule has 0 aromatic carbocycles. The number of halogens is 4. The van der Waals surface area contributed by atoms with Gasteiger partial charge in [0.2, 0.25) is 5.91 Å². The fraction of sp³-hybridized carbons (Fsp3) is 0.857. The van der Waals surface area contributed by atoms with Gasteiger partial charge in [-0.2, -0.15) is 13.2 Å². The molecule has 14 heavy (non-hydrogen) atoms. The lowest BCUT2D eigenvalue weighted by molar-refractivity contribution is -0.161. The molecule has 0 saturated carbocycles. The maximum absolute atomic E-state index is 11.9. The molecular weight excluding hydrogens is 221 g/mol. The first-order chi connectivity index (χ1) is 5.78. The molecule has 0 fully saturated rings. The zero-order chi connectivity index (χ0) is 10.6. The Morgan fingerprint density at radius 1 is 1.50 bits per heavy atom. The topological polar surface area (TPSA) is 46.3 Å². The van der Waals surface area contributed by atoms with Crippen LogP contribution in [0.3, 0.4) is 0 Å². The van der Waals surface area contributed by atoms with Crippen LogP contribution in [-0.2, 0) is 4.79 Å². The Morgan fingerprint density at radius 3 is 2.14 bits per heavy atom. The number of alkyl halides is 3. The number of hydrogen-bond acceptors (Lipinski definition) is 2. The van der Waals surface area contributed by atoms with Crippen LogP contribution >= 0.6 is 12.4 Å². The molecule has 0 aromatic heterocycles. The lowest BCUT2D eigenvalue weighted by atomic mass is 10.3. The van der Waals surface area contributed by atoms with Crippen molar-refractivity contribution in [2.24, 2.45) is 5.73 Å². The molecule has 0 bridgehead atoms. The fourth-order valence-corrected chi connectivity index (χ4v) is 0.850. The van der Waals surface area contributed by atoms with Crippen molar-refractivity contribution in [1.29, 1.82) is 0 Å². The first kappa shape index (κ1) is 16.0. The van der Waals surface area contributed by atoms with Gasteiger partial charge in [0, 0.05) is 6.54 Å². The third-order valence-corrected chi connectivity index (χ3v) is 1.45. The van der Waals surface area contributed by atoms with Crippen molar-refractivity contribution >= 4 is 18.3 Å². The van der Waals surface area contributed by atoms with Gasteiger partial charge < -0.3 is 10.6 Å². The van der Waals surface area contributed by atoms with Crippen LogP contribution in [0.5, 0.6) is 0 Å². The van der Waals surface area contributed by atoms with Gasteiger partial charge in [-0.1, -0.05) is 0 Å². The van der Waals surface area contributed by atoms with Crippen LogP contribution in [-0.4, -0.2) is 36.1 Å². The van der Waals surface area contributed by atoms with Crippen LogP contribution < -0.4 is 5.73 Å². The standard InChI is InChI=1S/C7H13F3N2O.ClH/c1-3-12(4-7(8,9)10)6(13)5(2)11;/h5H,3-4,11H2,1-2H3;1H/t5-;/m1./s1. The zero-order valence-corrected chi connectivity index (χ0v) is 8.78. The predicted molar refractivity (Wildman–Crippen MR) is 49.2 cm³/mol. The van der Waals surface area contributed by atoms with E-state index in [1.807, 2.05) is 0 Å². The van der Waals surface area contributed by atoms with E-state index in [-0.39, 0.29) is 19.0 Å². The highest BCUT2D eigenvalue weighted by Crippen LogP contribution is 2.16. The molecule has 0 unspecified atom stereocenters. The zero-order valence-electron chi connectivity index (χ0n) is 7.97. The van der Waals surface area contributed by atoms with Crippen molar-refractivity contribution < 1.29 is 18.0 Å². The van der Waals surface area contributed by atoms with Gasteiger partial charge in [0.15, 0.2) is 0 Å². The Morgan fingerprint density at radius 2 is 1.93 bits per heavy atom. The Balaban J connectivity index is 0. The minimum absolute atomic E-state index is 0. The normalized spacial score (nSPS) is 13.0. The van der Waals surface area contributed by atoms with Gasteiger partial charge in [-0.05, 0) is 13.8 Å². The van der Waals surface area contributed by atoms with Crippen molar-refractivity contribution in [2.75, 3.05) is 13.1 Å². The SMILES string of the molecule is CCN(CC(F)(F)F)C(=O)[C@@H](C)N.Cl. The van der Waals surface area contributed by atoms with Crippen molar-refractivity contribution in [3.8, 4) is 0 Å². The molecule has 0 saturated heterocycles. The van der Waals surface area contributed by atoms with Crippen LogP contribution in [0.4, 0.5) is 13.2 Å². The Hall–Kier alpha value is -0.490. The summed E-state index contributed by atoms with van der Waals surface area (Å²) in [6.45, 7) is 1.62. The van der Waals surface area contributed by atoms with Gasteiger partial charge in [0.1, 0.15) is 6.54 Å². The van der Waals surface area contributed by atoms with Crippen LogP contribution in [0.25, 0.3) is 0 Å². The van der Waals surface area contributed by atoms with Crippen molar-refractivity contribution in [1.82, 2.24) is 4.90 Å². The van der Waals surface area contributed by atoms with E-state index in [2.05, 4.69) is 0 Å². The highest BCUT2D eigenvalue weighted by molar-refractivity contribution is 5.85. The van der Waals surface area contributed by atoms with Gasteiger partial charge in [-0.3, -0.25) is 4.79 Å². The van der Waals surface area contributed by atoms with E-state index in [1.165, 1.54) is 13.8 Å². The molecule has 0 aliphatic carbocycles. The van der Waals surface area contributed by atoms with Gasteiger partial charge in [-0.15, -0.1) is 12.4 Å². The Kier molecular flexibility index (Phi) is 6.93. The van der Waals surface area contributed by atoms with E-state index in [9.17, 15) is 18.0 Å². The van der Waals surface area contributed by atoms with Gasteiger partial charge in [0.05, 0.1) is 6.04 Å². The minimum Gasteiger partial charge on any atom is -0.333 e. The molecule has 3 nitrogen and oxygen atoms in total. The van der Waals surface area contributed by atoms with E-state index >= 15 is 0 Å². The lowest BCUT2D eigenvalue weighted by Crippen LogP contribution is -2.46. The third kappa shape index (κ3) is 6.04. The maximum Gasteiger partial charge on any atom is 0.406 e. The number of likely N-dealkylation sites (N-methyl/N-ethyl adjacent to an activating group) is 1. The summed E-state index contributed by atoms with van der Waals surface area (Å²) >= 11 is 0. The van der Waals surface area contributed by atoms with Crippen LogP contribution in [0, 0.1) is 0 Å². The van der Waals surface area contributed by atoms with Gasteiger partial charge in [0.25, 0.3) is 0 Å². The number of hydrogen-bond donors (Lipinski definition) is 1. The predicted octanol–water partition coefficient (Wildman–Crippen LogP) is 1.17. The molecule has 0 rings (SSSR count). The molecule has 7 heteroatoms. The monoisotopic (exact) mass is 234 g/mol. The highest BCUT2D eigenvalue weighted by atomic mass is 35.5. The molecule has 1 amide bonds. The maximum atomic E-state index is 11.9. The largest absolute Gasteiger partial charge is 0.406 e. The second-order valence-electron chi connectivity index (χ2n) is 2.76. The van der Waals surface area contributed by atoms with E-state index in [1.54, 1.807) is 0 Å². The summed E-state index contributed by atoms with van der Waals surface area (Å²) in [5.41, 5.74) is 5.17. The Labute approximate surface area is 86.8 Å². The molecule has 0 aromatic rings. The molecule has 1 atom stereocenters.